The van der Waals surface area contributed by atoms with Crippen LogP contribution in [0, 0.1) is 6.92 Å². The van der Waals surface area contributed by atoms with Crippen LogP contribution >= 0.6 is 0 Å². The van der Waals surface area contributed by atoms with Gasteiger partial charge in [-0.05, 0) is 56.7 Å². The van der Waals surface area contributed by atoms with Gasteiger partial charge in [-0.2, -0.15) is 0 Å². The molecule has 1 aromatic rings. The van der Waals surface area contributed by atoms with Gasteiger partial charge in [0.05, 0.1) is 5.69 Å². The molecule has 4 nitrogen and oxygen atoms in total. The number of nitrogens with one attached hydrogen (secondary N) is 1. The van der Waals surface area contributed by atoms with E-state index in [4.69, 9.17) is 5.73 Å². The number of nitrogens with two attached hydrogens (primary N) is 1. The van der Waals surface area contributed by atoms with Crippen LogP contribution in [0.2, 0.25) is 0 Å². The van der Waals surface area contributed by atoms with Crippen molar-refractivity contribution in [2.24, 2.45) is 0 Å². The van der Waals surface area contributed by atoms with E-state index in [0.717, 1.165) is 24.8 Å². The highest BCUT2D eigenvalue weighted by molar-refractivity contribution is 7.89. The fourth-order valence-electron chi connectivity index (χ4n) is 2.47. The van der Waals surface area contributed by atoms with Crippen LogP contribution < -0.4 is 10.5 Å². The number of rotatable bonds is 5. The second kappa shape index (κ2) is 6.41. The van der Waals surface area contributed by atoms with E-state index in [1.54, 1.807) is 18.2 Å². The van der Waals surface area contributed by atoms with Gasteiger partial charge in [-0.1, -0.05) is 17.7 Å². The summed E-state index contributed by atoms with van der Waals surface area (Å²) >= 11 is 0. The molecular weight excluding hydrogens is 272 g/mol. The van der Waals surface area contributed by atoms with Gasteiger partial charge in [0.2, 0.25) is 10.0 Å². The van der Waals surface area contributed by atoms with E-state index in [2.05, 4.69) is 10.8 Å². The van der Waals surface area contributed by atoms with Gasteiger partial charge in [0.25, 0.3) is 0 Å². The summed E-state index contributed by atoms with van der Waals surface area (Å²) in [5.74, 6) is 0. The van der Waals surface area contributed by atoms with Crippen LogP contribution in [0.25, 0.3) is 0 Å². The highest BCUT2D eigenvalue weighted by atomic mass is 32.2. The number of allylic oxidation sites excluding steroid dienone is 1. The number of hydrogen-bond donors (Lipinski definition) is 2. The van der Waals surface area contributed by atoms with Crippen LogP contribution in [0.4, 0.5) is 5.69 Å². The minimum Gasteiger partial charge on any atom is -0.398 e. The molecule has 0 fully saturated rings. The lowest BCUT2D eigenvalue weighted by atomic mass is 9.97. The summed E-state index contributed by atoms with van der Waals surface area (Å²) in [5.41, 5.74) is 8.40. The summed E-state index contributed by atoms with van der Waals surface area (Å²) in [5, 5.41) is 0. The Labute approximate surface area is 121 Å². The summed E-state index contributed by atoms with van der Waals surface area (Å²) in [6.07, 6.45) is 7.68. The zero-order chi connectivity index (χ0) is 14.6. The Hall–Kier alpha value is -1.33. The zero-order valence-corrected chi connectivity index (χ0v) is 12.7. The minimum atomic E-state index is -3.51. The van der Waals surface area contributed by atoms with Crippen molar-refractivity contribution < 1.29 is 8.42 Å². The van der Waals surface area contributed by atoms with Gasteiger partial charge in [0.15, 0.2) is 0 Å². The molecule has 20 heavy (non-hydrogen) atoms. The van der Waals surface area contributed by atoms with Crippen LogP contribution in [-0.2, 0) is 10.0 Å². The molecule has 2 rings (SSSR count). The summed E-state index contributed by atoms with van der Waals surface area (Å²) in [7, 11) is -3.51. The summed E-state index contributed by atoms with van der Waals surface area (Å²) < 4.78 is 27.0. The highest BCUT2D eigenvalue weighted by Crippen LogP contribution is 2.21. The average Bonchev–Trinajstić information content (AvgIpc) is 2.39. The van der Waals surface area contributed by atoms with Gasteiger partial charge < -0.3 is 5.73 Å². The Balaban J connectivity index is 1.98. The number of benzene rings is 1. The third-order valence-electron chi connectivity index (χ3n) is 3.58. The first-order valence-electron chi connectivity index (χ1n) is 7.03. The molecule has 1 aromatic carbocycles. The van der Waals surface area contributed by atoms with Crippen molar-refractivity contribution in [2.75, 3.05) is 12.3 Å². The molecule has 0 aliphatic heterocycles. The lowest BCUT2D eigenvalue weighted by molar-refractivity contribution is 0.580. The molecule has 110 valence electrons. The quantitative estimate of drug-likeness (QED) is 0.648. The zero-order valence-electron chi connectivity index (χ0n) is 11.9. The number of anilines is 1. The largest absolute Gasteiger partial charge is 0.398 e. The van der Waals surface area contributed by atoms with Crippen molar-refractivity contribution >= 4 is 15.7 Å². The van der Waals surface area contributed by atoms with Gasteiger partial charge in [-0.3, -0.25) is 0 Å². The van der Waals surface area contributed by atoms with Crippen molar-refractivity contribution in [3.8, 4) is 0 Å². The molecule has 0 spiro atoms. The van der Waals surface area contributed by atoms with Crippen molar-refractivity contribution in [3.05, 3.63) is 35.4 Å². The van der Waals surface area contributed by atoms with Gasteiger partial charge >= 0.3 is 0 Å². The molecule has 0 saturated carbocycles. The maximum absolute atomic E-state index is 12.2. The lowest BCUT2D eigenvalue weighted by Crippen LogP contribution is -2.26. The average molecular weight is 294 g/mol. The first-order chi connectivity index (χ1) is 9.49. The first kappa shape index (κ1) is 15.1. The maximum atomic E-state index is 12.2. The van der Waals surface area contributed by atoms with E-state index < -0.39 is 10.0 Å². The Bertz CT molecular complexity index is 606. The SMILES string of the molecule is Cc1ccc(S(=O)(=O)NCCC2=CCCCC2)c(N)c1. The van der Waals surface area contributed by atoms with Gasteiger partial charge in [0.1, 0.15) is 4.90 Å². The Morgan fingerprint density at radius 3 is 2.75 bits per heavy atom. The van der Waals surface area contributed by atoms with E-state index in [1.807, 2.05) is 6.92 Å². The molecule has 0 aromatic heterocycles. The summed E-state index contributed by atoms with van der Waals surface area (Å²) in [6, 6.07) is 5.00. The molecule has 0 amide bonds. The highest BCUT2D eigenvalue weighted by Gasteiger charge is 2.17. The smallest absolute Gasteiger partial charge is 0.242 e. The van der Waals surface area contributed by atoms with Crippen LogP contribution in [0.1, 0.15) is 37.7 Å². The van der Waals surface area contributed by atoms with Crippen molar-refractivity contribution in [2.45, 2.75) is 43.9 Å². The van der Waals surface area contributed by atoms with Crippen LogP contribution in [0.5, 0.6) is 0 Å². The predicted molar refractivity (Wildman–Crippen MR) is 81.9 cm³/mol. The standard InChI is InChI=1S/C15H22N2O2S/c1-12-7-8-15(14(16)11-12)20(18,19)17-10-9-13-5-3-2-4-6-13/h5,7-8,11,17H,2-4,6,9-10,16H2,1H3. The van der Waals surface area contributed by atoms with Crippen molar-refractivity contribution in [1.82, 2.24) is 4.72 Å². The Morgan fingerprint density at radius 2 is 2.10 bits per heavy atom. The summed E-state index contributed by atoms with van der Waals surface area (Å²) in [6.45, 7) is 2.32. The van der Waals surface area contributed by atoms with E-state index >= 15 is 0 Å². The number of aryl methyl sites for hydroxylation is 1. The lowest BCUT2D eigenvalue weighted by Gasteiger charge is -2.13. The molecule has 0 radical (unpaired) electrons. The van der Waals surface area contributed by atoms with E-state index in [0.29, 0.717) is 12.2 Å². The number of nitrogen functional groups attached to an aromatic ring is 1. The van der Waals surface area contributed by atoms with Crippen LogP contribution in [0.3, 0.4) is 0 Å². The molecule has 0 bridgehead atoms. The second-order valence-electron chi connectivity index (χ2n) is 5.30. The molecule has 5 heteroatoms. The third-order valence-corrected chi connectivity index (χ3v) is 5.11. The van der Waals surface area contributed by atoms with Gasteiger partial charge in [-0.15, -0.1) is 0 Å². The molecular formula is C15H22N2O2S. The first-order valence-corrected chi connectivity index (χ1v) is 8.51. The van der Waals surface area contributed by atoms with Crippen LogP contribution in [-0.4, -0.2) is 15.0 Å². The predicted octanol–water partition coefficient (Wildman–Crippen LogP) is 2.75. The van der Waals surface area contributed by atoms with E-state index in [1.165, 1.54) is 18.4 Å². The van der Waals surface area contributed by atoms with E-state index in [-0.39, 0.29) is 4.90 Å². The Kier molecular flexibility index (Phi) is 4.83. The van der Waals surface area contributed by atoms with Gasteiger partial charge in [-0.25, -0.2) is 13.1 Å². The molecule has 0 unspecified atom stereocenters. The molecule has 3 N–H and O–H groups in total. The molecule has 0 heterocycles. The maximum Gasteiger partial charge on any atom is 0.242 e. The Morgan fingerprint density at radius 1 is 1.30 bits per heavy atom. The topological polar surface area (TPSA) is 72.2 Å². The minimum absolute atomic E-state index is 0.167. The third kappa shape index (κ3) is 3.84. The van der Waals surface area contributed by atoms with Crippen LogP contribution in [0.15, 0.2) is 34.7 Å². The number of hydrogen-bond acceptors (Lipinski definition) is 3. The monoisotopic (exact) mass is 294 g/mol. The fraction of sp³-hybridized carbons (Fsp3) is 0.467. The molecule has 0 atom stereocenters. The molecule has 1 aliphatic rings. The normalized spacial score (nSPS) is 15.9. The fourth-order valence-corrected chi connectivity index (χ4v) is 3.61. The second-order valence-corrected chi connectivity index (χ2v) is 7.03. The molecule has 1 aliphatic carbocycles. The summed E-state index contributed by atoms with van der Waals surface area (Å²) in [4.78, 5) is 0.167. The molecule has 0 saturated heterocycles. The van der Waals surface area contributed by atoms with E-state index in [9.17, 15) is 8.42 Å². The van der Waals surface area contributed by atoms with Crippen molar-refractivity contribution in [3.63, 3.8) is 0 Å². The van der Waals surface area contributed by atoms with Crippen molar-refractivity contribution in [1.29, 1.82) is 0 Å². The number of sulfonamides is 1. The van der Waals surface area contributed by atoms with Gasteiger partial charge in [0, 0.05) is 6.54 Å².